The molecule has 7 heteroatoms. The SMILES string of the molecule is CCSN1C(=O)C(=Cc2ccccc2)C(=O)N(SCC)C1=O. The molecule has 0 bridgehead atoms. The van der Waals surface area contributed by atoms with Crippen molar-refractivity contribution in [3.05, 3.63) is 41.5 Å². The van der Waals surface area contributed by atoms with Crippen LogP contribution in [0.1, 0.15) is 19.4 Å². The maximum absolute atomic E-state index is 12.4. The largest absolute Gasteiger partial charge is 0.354 e. The highest BCUT2D eigenvalue weighted by Crippen LogP contribution is 2.29. The number of carbonyl (C=O) groups is 3. The number of hydrogen-bond acceptors (Lipinski definition) is 5. The van der Waals surface area contributed by atoms with Gasteiger partial charge in [-0.3, -0.25) is 9.59 Å². The van der Waals surface area contributed by atoms with Gasteiger partial charge in [-0.1, -0.05) is 44.2 Å². The molecule has 0 unspecified atom stereocenters. The molecule has 4 amide bonds. The highest BCUT2D eigenvalue weighted by Gasteiger charge is 2.42. The predicted octanol–water partition coefficient (Wildman–Crippen LogP) is 3.20. The van der Waals surface area contributed by atoms with Crippen molar-refractivity contribution in [2.45, 2.75) is 13.8 Å². The van der Waals surface area contributed by atoms with E-state index in [9.17, 15) is 14.4 Å². The van der Waals surface area contributed by atoms with Crippen LogP contribution in [0.2, 0.25) is 0 Å². The molecule has 1 aromatic carbocycles. The average molecular weight is 336 g/mol. The fourth-order valence-electron chi connectivity index (χ4n) is 1.89. The van der Waals surface area contributed by atoms with E-state index in [2.05, 4.69) is 0 Å². The molecule has 0 aliphatic carbocycles. The van der Waals surface area contributed by atoms with Gasteiger partial charge >= 0.3 is 6.03 Å². The topological polar surface area (TPSA) is 57.7 Å². The number of benzene rings is 1. The van der Waals surface area contributed by atoms with Gasteiger partial charge in [0.2, 0.25) is 0 Å². The van der Waals surface area contributed by atoms with Crippen molar-refractivity contribution in [2.24, 2.45) is 0 Å². The van der Waals surface area contributed by atoms with Crippen LogP contribution in [0.5, 0.6) is 0 Å². The molecule has 1 aliphatic rings. The number of urea groups is 1. The van der Waals surface area contributed by atoms with Crippen molar-refractivity contribution in [1.29, 1.82) is 0 Å². The molecule has 0 spiro atoms. The fourth-order valence-corrected chi connectivity index (χ4v) is 3.28. The van der Waals surface area contributed by atoms with E-state index in [1.165, 1.54) is 6.08 Å². The van der Waals surface area contributed by atoms with Crippen LogP contribution >= 0.6 is 23.9 Å². The summed E-state index contributed by atoms with van der Waals surface area (Å²) in [6.45, 7) is 3.69. The van der Waals surface area contributed by atoms with Crippen LogP contribution in [0.25, 0.3) is 6.08 Å². The zero-order valence-electron chi connectivity index (χ0n) is 12.3. The van der Waals surface area contributed by atoms with Crippen molar-refractivity contribution in [3.63, 3.8) is 0 Å². The Labute approximate surface area is 138 Å². The quantitative estimate of drug-likeness (QED) is 0.469. The zero-order valence-corrected chi connectivity index (χ0v) is 13.9. The Morgan fingerprint density at radius 3 is 1.86 bits per heavy atom. The molecule has 1 saturated heterocycles. The van der Waals surface area contributed by atoms with E-state index in [0.29, 0.717) is 11.5 Å². The molecule has 1 fully saturated rings. The minimum atomic E-state index is -0.584. The first kappa shape index (κ1) is 16.6. The molecule has 2 rings (SSSR count). The van der Waals surface area contributed by atoms with Gasteiger partial charge in [-0.15, -0.1) is 0 Å². The third kappa shape index (κ3) is 3.36. The number of imide groups is 2. The summed E-state index contributed by atoms with van der Waals surface area (Å²) in [7, 11) is 0. The van der Waals surface area contributed by atoms with Gasteiger partial charge in [0.1, 0.15) is 5.57 Å². The van der Waals surface area contributed by atoms with Gasteiger partial charge in [0.25, 0.3) is 11.8 Å². The Balaban J connectivity index is 2.42. The third-order valence-electron chi connectivity index (χ3n) is 2.80. The summed E-state index contributed by atoms with van der Waals surface area (Å²) in [5, 5.41) is 0. The van der Waals surface area contributed by atoms with Crippen LogP contribution in [0.4, 0.5) is 4.79 Å². The van der Waals surface area contributed by atoms with E-state index in [0.717, 1.165) is 38.1 Å². The van der Waals surface area contributed by atoms with Crippen LogP contribution in [0, 0.1) is 0 Å². The molecule has 0 aromatic heterocycles. The van der Waals surface area contributed by atoms with Crippen molar-refractivity contribution in [2.75, 3.05) is 11.5 Å². The van der Waals surface area contributed by atoms with E-state index >= 15 is 0 Å². The standard InChI is InChI=1S/C15H16N2O3S2/c1-3-21-16-13(18)12(10-11-8-6-5-7-9-11)14(19)17(15(16)20)22-4-2/h5-10H,3-4H2,1-2H3. The van der Waals surface area contributed by atoms with Gasteiger partial charge in [0.05, 0.1) is 0 Å². The summed E-state index contributed by atoms with van der Waals surface area (Å²) in [6, 6.07) is 8.53. The van der Waals surface area contributed by atoms with Gasteiger partial charge < -0.3 is 0 Å². The number of barbiturate groups is 1. The van der Waals surface area contributed by atoms with Crippen molar-refractivity contribution < 1.29 is 14.4 Å². The predicted molar refractivity (Wildman–Crippen MR) is 89.8 cm³/mol. The van der Waals surface area contributed by atoms with Crippen LogP contribution < -0.4 is 0 Å². The van der Waals surface area contributed by atoms with Gasteiger partial charge in [-0.05, 0) is 35.5 Å². The molecule has 0 atom stereocenters. The van der Waals surface area contributed by atoms with Gasteiger partial charge in [0, 0.05) is 11.5 Å². The lowest BCUT2D eigenvalue weighted by molar-refractivity contribution is -0.129. The second-order valence-electron chi connectivity index (χ2n) is 4.29. The summed E-state index contributed by atoms with van der Waals surface area (Å²) >= 11 is 2.20. The first-order valence-corrected chi connectivity index (χ1v) is 8.74. The fraction of sp³-hybridized carbons (Fsp3) is 0.267. The maximum atomic E-state index is 12.4. The molecule has 0 saturated carbocycles. The molecule has 5 nitrogen and oxygen atoms in total. The Hall–Kier alpha value is -1.73. The zero-order chi connectivity index (χ0) is 16.1. The monoisotopic (exact) mass is 336 g/mol. The average Bonchev–Trinajstić information content (AvgIpc) is 2.53. The van der Waals surface area contributed by atoms with Crippen LogP contribution in [0.3, 0.4) is 0 Å². The van der Waals surface area contributed by atoms with Crippen molar-refractivity contribution in [1.82, 2.24) is 8.61 Å². The third-order valence-corrected chi connectivity index (χ3v) is 4.48. The first-order chi connectivity index (χ1) is 10.6. The van der Waals surface area contributed by atoms with Crippen molar-refractivity contribution in [3.8, 4) is 0 Å². The van der Waals surface area contributed by atoms with Crippen LogP contribution in [-0.4, -0.2) is 38.0 Å². The molecule has 1 aromatic rings. The Kier molecular flexibility index (Phi) is 5.68. The Bertz CT molecular complexity index is 586. The lowest BCUT2D eigenvalue weighted by atomic mass is 10.1. The molecule has 0 radical (unpaired) electrons. The lowest BCUT2D eigenvalue weighted by Crippen LogP contribution is -2.50. The summed E-state index contributed by atoms with van der Waals surface area (Å²) in [4.78, 5) is 37.2. The van der Waals surface area contributed by atoms with E-state index in [-0.39, 0.29) is 5.57 Å². The van der Waals surface area contributed by atoms with Gasteiger partial charge in [-0.25, -0.2) is 4.79 Å². The van der Waals surface area contributed by atoms with Gasteiger partial charge in [0.15, 0.2) is 0 Å². The molecular formula is C15H16N2O3S2. The molecule has 0 N–H and O–H groups in total. The lowest BCUT2D eigenvalue weighted by Gasteiger charge is -2.31. The second-order valence-corrected chi connectivity index (χ2v) is 6.69. The van der Waals surface area contributed by atoms with E-state index < -0.39 is 17.8 Å². The highest BCUT2D eigenvalue weighted by atomic mass is 32.2. The number of carbonyl (C=O) groups excluding carboxylic acids is 3. The van der Waals surface area contributed by atoms with Gasteiger partial charge in [-0.2, -0.15) is 8.61 Å². The molecule has 1 aliphatic heterocycles. The molecule has 116 valence electrons. The van der Waals surface area contributed by atoms with E-state index in [1.54, 1.807) is 12.1 Å². The summed E-state index contributed by atoms with van der Waals surface area (Å²) in [6.07, 6.45) is 1.53. The minimum absolute atomic E-state index is 0.00713. The normalized spacial score (nSPS) is 15.5. The number of hydrogen-bond donors (Lipinski definition) is 0. The number of rotatable bonds is 5. The molecule has 1 heterocycles. The van der Waals surface area contributed by atoms with Crippen molar-refractivity contribution >= 4 is 47.8 Å². The second kappa shape index (κ2) is 7.51. The number of nitrogens with zero attached hydrogens (tertiary/aromatic N) is 2. The maximum Gasteiger partial charge on any atom is 0.354 e. The summed E-state index contributed by atoms with van der Waals surface area (Å²) in [5.41, 5.74) is 0.754. The van der Waals surface area contributed by atoms with E-state index in [1.807, 2.05) is 32.0 Å². The van der Waals surface area contributed by atoms with E-state index in [4.69, 9.17) is 0 Å². The summed E-state index contributed by atoms with van der Waals surface area (Å²) < 4.78 is 2.11. The highest BCUT2D eigenvalue weighted by molar-refractivity contribution is 7.99. The summed E-state index contributed by atoms with van der Waals surface area (Å²) in [5.74, 6) is 0.0152. The first-order valence-electron chi connectivity index (χ1n) is 6.85. The van der Waals surface area contributed by atoms with Crippen LogP contribution in [-0.2, 0) is 9.59 Å². The molecule has 22 heavy (non-hydrogen) atoms. The minimum Gasteiger partial charge on any atom is -0.267 e. The Morgan fingerprint density at radius 2 is 1.41 bits per heavy atom. The molecular weight excluding hydrogens is 320 g/mol. The van der Waals surface area contributed by atoms with Crippen LogP contribution in [0.15, 0.2) is 35.9 Å². The Morgan fingerprint density at radius 1 is 0.909 bits per heavy atom. The smallest absolute Gasteiger partial charge is 0.267 e. The number of amides is 4.